The lowest BCUT2D eigenvalue weighted by atomic mass is 10.2. The number of ether oxygens (including phenoxy) is 1. The number of methoxy groups -OCH3 is 1. The number of amides is 2. The molecule has 2 amide bonds. The third-order valence-corrected chi connectivity index (χ3v) is 6.18. The topological polar surface area (TPSA) is 73.9 Å². The molecule has 0 saturated carbocycles. The van der Waals surface area contributed by atoms with Crippen LogP contribution in [0.15, 0.2) is 40.9 Å². The van der Waals surface area contributed by atoms with Crippen LogP contribution in [0, 0.1) is 0 Å². The maximum Gasteiger partial charge on any atom is 0.257 e. The van der Waals surface area contributed by atoms with E-state index in [4.69, 9.17) is 28.6 Å². The van der Waals surface area contributed by atoms with Crippen LogP contribution in [-0.2, 0) is 4.79 Å². The van der Waals surface area contributed by atoms with E-state index < -0.39 is 0 Å². The summed E-state index contributed by atoms with van der Waals surface area (Å²) in [4.78, 5) is 28.6. The van der Waals surface area contributed by atoms with Crippen LogP contribution in [0.5, 0.6) is 5.75 Å². The number of halogens is 2. The van der Waals surface area contributed by atoms with E-state index in [1.807, 2.05) is 24.0 Å². The van der Waals surface area contributed by atoms with Crippen LogP contribution in [0.4, 0.5) is 11.4 Å². The van der Waals surface area contributed by atoms with E-state index in [0.717, 1.165) is 5.69 Å². The lowest BCUT2D eigenvalue weighted by Gasteiger charge is -2.37. The molecular formula is C22H24BrClN4O3S. The summed E-state index contributed by atoms with van der Waals surface area (Å²) in [5.41, 5.74) is 2.03. The summed E-state index contributed by atoms with van der Waals surface area (Å²) in [6.07, 6.45) is 0.506. The van der Waals surface area contributed by atoms with Gasteiger partial charge in [-0.3, -0.25) is 14.9 Å². The highest BCUT2D eigenvalue weighted by Gasteiger charge is 2.22. The molecule has 32 heavy (non-hydrogen) atoms. The number of nitrogens with one attached hydrogen (secondary N) is 2. The first kappa shape index (κ1) is 24.3. The Morgan fingerprint density at radius 1 is 1.16 bits per heavy atom. The van der Waals surface area contributed by atoms with Gasteiger partial charge < -0.3 is 19.9 Å². The van der Waals surface area contributed by atoms with Crippen molar-refractivity contribution in [2.24, 2.45) is 0 Å². The largest absolute Gasteiger partial charge is 0.496 e. The lowest BCUT2D eigenvalue weighted by molar-refractivity contribution is -0.131. The number of thiocarbonyl (C=S) groups is 1. The lowest BCUT2D eigenvalue weighted by Crippen LogP contribution is -2.48. The standard InChI is InChI=1S/C22H24BrClN4O3S/c1-3-20(29)28-10-8-27(9-11-28)18-6-5-15(24)13-17(18)25-22(32)26-21(30)14-4-7-19(31-2)16(23)12-14/h4-7,12-13H,3,8-11H2,1-2H3,(H2,25,26,30,32). The molecule has 2 aromatic rings. The Balaban J connectivity index is 1.68. The Labute approximate surface area is 206 Å². The van der Waals surface area contributed by atoms with Crippen LogP contribution in [-0.4, -0.2) is 55.1 Å². The number of anilines is 2. The van der Waals surface area contributed by atoms with Gasteiger partial charge in [0.15, 0.2) is 5.11 Å². The molecule has 0 radical (unpaired) electrons. The SMILES string of the molecule is CCC(=O)N1CCN(c2ccc(Cl)cc2NC(=S)NC(=O)c2ccc(OC)c(Br)c2)CC1. The number of rotatable bonds is 5. The predicted molar refractivity (Wildman–Crippen MR) is 135 cm³/mol. The van der Waals surface area contributed by atoms with Gasteiger partial charge in [0, 0.05) is 43.2 Å². The van der Waals surface area contributed by atoms with Crippen molar-refractivity contribution in [3.63, 3.8) is 0 Å². The molecule has 3 rings (SSSR count). The van der Waals surface area contributed by atoms with Crippen molar-refractivity contribution in [3.8, 4) is 5.75 Å². The molecule has 0 unspecified atom stereocenters. The summed E-state index contributed by atoms with van der Waals surface area (Å²) in [7, 11) is 1.56. The van der Waals surface area contributed by atoms with Crippen LogP contribution >= 0.6 is 39.7 Å². The maximum absolute atomic E-state index is 12.6. The fourth-order valence-corrected chi connectivity index (χ4v) is 4.36. The van der Waals surface area contributed by atoms with E-state index in [-0.39, 0.29) is 16.9 Å². The molecule has 0 bridgehead atoms. The van der Waals surface area contributed by atoms with Crippen molar-refractivity contribution in [2.45, 2.75) is 13.3 Å². The number of nitrogens with zero attached hydrogens (tertiary/aromatic N) is 2. The fourth-order valence-electron chi connectivity index (χ4n) is 3.44. The number of carbonyl (C=O) groups is 2. The van der Waals surface area contributed by atoms with Crippen LogP contribution in [0.2, 0.25) is 5.02 Å². The van der Waals surface area contributed by atoms with Gasteiger partial charge in [-0.25, -0.2) is 0 Å². The second kappa shape index (κ2) is 11.0. The minimum Gasteiger partial charge on any atom is -0.496 e. The third-order valence-electron chi connectivity index (χ3n) is 5.12. The fraction of sp³-hybridized carbons (Fsp3) is 0.318. The van der Waals surface area contributed by atoms with E-state index in [0.29, 0.717) is 59.1 Å². The molecule has 1 fully saturated rings. The molecule has 10 heteroatoms. The van der Waals surface area contributed by atoms with Crippen molar-refractivity contribution in [3.05, 3.63) is 51.5 Å². The highest BCUT2D eigenvalue weighted by Crippen LogP contribution is 2.30. The molecule has 0 aliphatic carbocycles. The van der Waals surface area contributed by atoms with Crippen molar-refractivity contribution in [1.82, 2.24) is 10.2 Å². The second-order valence-electron chi connectivity index (χ2n) is 7.14. The van der Waals surface area contributed by atoms with E-state index in [1.54, 1.807) is 31.4 Å². The molecule has 1 aliphatic rings. The van der Waals surface area contributed by atoms with Crippen molar-refractivity contribution in [1.29, 1.82) is 0 Å². The minimum atomic E-state index is -0.346. The van der Waals surface area contributed by atoms with Crippen LogP contribution < -0.4 is 20.3 Å². The van der Waals surface area contributed by atoms with E-state index in [9.17, 15) is 9.59 Å². The van der Waals surface area contributed by atoms with E-state index >= 15 is 0 Å². The molecule has 170 valence electrons. The number of hydrogen-bond donors (Lipinski definition) is 2. The first-order valence-corrected chi connectivity index (χ1v) is 11.7. The number of benzene rings is 2. The normalized spacial score (nSPS) is 13.5. The maximum atomic E-state index is 12.6. The summed E-state index contributed by atoms with van der Waals surface area (Å²) < 4.78 is 5.86. The van der Waals surface area contributed by atoms with Gasteiger partial charge in [0.1, 0.15) is 5.75 Å². The second-order valence-corrected chi connectivity index (χ2v) is 8.84. The smallest absolute Gasteiger partial charge is 0.257 e. The first-order chi connectivity index (χ1) is 15.3. The number of hydrogen-bond acceptors (Lipinski definition) is 5. The molecule has 0 atom stereocenters. The van der Waals surface area contributed by atoms with Gasteiger partial charge in [0.2, 0.25) is 5.91 Å². The molecule has 7 nitrogen and oxygen atoms in total. The van der Waals surface area contributed by atoms with Gasteiger partial charge >= 0.3 is 0 Å². The van der Waals surface area contributed by atoms with Crippen molar-refractivity contribution in [2.75, 3.05) is 43.5 Å². The number of carbonyl (C=O) groups excluding carboxylic acids is 2. The molecule has 0 spiro atoms. The minimum absolute atomic E-state index is 0.158. The Morgan fingerprint density at radius 3 is 2.50 bits per heavy atom. The highest BCUT2D eigenvalue weighted by molar-refractivity contribution is 9.10. The molecule has 2 aromatic carbocycles. The molecule has 0 aromatic heterocycles. The van der Waals surface area contributed by atoms with Gasteiger partial charge in [-0.05, 0) is 64.5 Å². The summed E-state index contributed by atoms with van der Waals surface area (Å²) in [5.74, 6) is 0.445. The van der Waals surface area contributed by atoms with Gasteiger partial charge in [-0.15, -0.1) is 0 Å². The summed E-state index contributed by atoms with van der Waals surface area (Å²) in [5, 5.41) is 6.49. The quantitative estimate of drug-likeness (QED) is 0.552. The molecule has 1 aliphatic heterocycles. The van der Waals surface area contributed by atoms with Crippen LogP contribution in [0.3, 0.4) is 0 Å². The Bertz CT molecular complexity index is 1030. The van der Waals surface area contributed by atoms with Gasteiger partial charge in [-0.1, -0.05) is 18.5 Å². The Morgan fingerprint density at radius 2 is 1.88 bits per heavy atom. The van der Waals surface area contributed by atoms with Gasteiger partial charge in [0.25, 0.3) is 5.91 Å². The summed E-state index contributed by atoms with van der Waals surface area (Å²) in [6.45, 7) is 4.57. The molecular weight excluding hydrogens is 516 g/mol. The van der Waals surface area contributed by atoms with Crippen molar-refractivity contribution < 1.29 is 14.3 Å². The molecule has 2 N–H and O–H groups in total. The zero-order valence-electron chi connectivity index (χ0n) is 17.8. The van der Waals surface area contributed by atoms with Gasteiger partial charge in [0.05, 0.1) is 23.0 Å². The van der Waals surface area contributed by atoms with E-state index in [1.165, 1.54) is 0 Å². The first-order valence-electron chi connectivity index (χ1n) is 10.1. The zero-order chi connectivity index (χ0) is 23.3. The van der Waals surface area contributed by atoms with Crippen LogP contribution in [0.1, 0.15) is 23.7 Å². The zero-order valence-corrected chi connectivity index (χ0v) is 20.9. The molecule has 1 heterocycles. The highest BCUT2D eigenvalue weighted by atomic mass is 79.9. The monoisotopic (exact) mass is 538 g/mol. The predicted octanol–water partition coefficient (Wildman–Crippen LogP) is 4.30. The molecule has 1 saturated heterocycles. The number of piperazine rings is 1. The van der Waals surface area contributed by atoms with Gasteiger partial charge in [-0.2, -0.15) is 0 Å². The van der Waals surface area contributed by atoms with E-state index in [2.05, 4.69) is 31.5 Å². The Kier molecular flexibility index (Phi) is 8.33. The summed E-state index contributed by atoms with van der Waals surface area (Å²) >= 11 is 15.0. The van der Waals surface area contributed by atoms with Crippen molar-refractivity contribution >= 4 is 68.1 Å². The van der Waals surface area contributed by atoms with Crippen LogP contribution in [0.25, 0.3) is 0 Å². The average molecular weight is 540 g/mol. The average Bonchev–Trinajstić information content (AvgIpc) is 2.78. The summed E-state index contributed by atoms with van der Waals surface area (Å²) in [6, 6.07) is 10.5. The third kappa shape index (κ3) is 5.90. The Hall–Kier alpha value is -2.36.